The molecule has 0 bridgehead atoms. The van der Waals surface area contributed by atoms with Gasteiger partial charge in [-0.3, -0.25) is 9.59 Å². The van der Waals surface area contributed by atoms with E-state index in [1.807, 2.05) is 63.2 Å². The maximum Gasteiger partial charge on any atom is 0.295 e. The fourth-order valence-corrected chi connectivity index (χ4v) is 4.74. The van der Waals surface area contributed by atoms with E-state index in [-0.39, 0.29) is 17.4 Å². The van der Waals surface area contributed by atoms with Gasteiger partial charge in [-0.25, -0.2) is 0 Å². The first-order valence-electron chi connectivity index (χ1n) is 10.3. The number of amides is 1. The summed E-state index contributed by atoms with van der Waals surface area (Å²) >= 11 is 0. The topological polar surface area (TPSA) is 57.6 Å². The van der Waals surface area contributed by atoms with Crippen molar-refractivity contribution in [3.8, 4) is 0 Å². The Morgan fingerprint density at radius 3 is 2.34 bits per heavy atom. The fraction of sp³-hybridized carbons (Fsp3) is 0.360. The van der Waals surface area contributed by atoms with Gasteiger partial charge in [-0.15, -0.1) is 0 Å². The van der Waals surface area contributed by atoms with Gasteiger partial charge in [-0.05, 0) is 56.4 Å². The third-order valence-corrected chi connectivity index (χ3v) is 6.33. The van der Waals surface area contributed by atoms with Crippen LogP contribution in [0, 0.1) is 20.8 Å². The lowest BCUT2D eigenvalue weighted by Gasteiger charge is -2.31. The number of hydrogen-bond acceptors (Lipinski definition) is 3. The van der Waals surface area contributed by atoms with E-state index >= 15 is 0 Å². The summed E-state index contributed by atoms with van der Waals surface area (Å²) in [4.78, 5) is 28.0. The summed E-state index contributed by atoms with van der Waals surface area (Å²) in [6.07, 6.45) is 3.92. The van der Waals surface area contributed by atoms with Crippen LogP contribution in [-0.4, -0.2) is 27.7 Å². The molecule has 0 radical (unpaired) electrons. The molecule has 1 N–H and O–H groups in total. The Bertz CT molecular complexity index is 1010. The van der Waals surface area contributed by atoms with Crippen LogP contribution in [0.1, 0.15) is 59.5 Å². The number of likely N-dealkylation sites (tertiary alicyclic amines) is 1. The van der Waals surface area contributed by atoms with E-state index in [9.17, 15) is 14.7 Å². The van der Waals surface area contributed by atoms with Crippen molar-refractivity contribution in [3.05, 3.63) is 75.9 Å². The molecule has 1 saturated carbocycles. The molecule has 2 aromatic rings. The Morgan fingerprint density at radius 1 is 0.966 bits per heavy atom. The van der Waals surface area contributed by atoms with Crippen LogP contribution in [0.25, 0.3) is 5.76 Å². The van der Waals surface area contributed by atoms with Gasteiger partial charge in [0.25, 0.3) is 11.7 Å². The number of rotatable bonds is 3. The van der Waals surface area contributed by atoms with Crippen LogP contribution < -0.4 is 0 Å². The Labute approximate surface area is 171 Å². The Balaban J connectivity index is 1.95. The van der Waals surface area contributed by atoms with Gasteiger partial charge in [-0.2, -0.15) is 0 Å². The number of carbonyl (C=O) groups is 2. The van der Waals surface area contributed by atoms with Crippen LogP contribution in [0.5, 0.6) is 0 Å². The molecule has 2 aliphatic rings. The molecule has 4 nitrogen and oxygen atoms in total. The average Bonchev–Trinajstić information content (AvgIpc) is 3.31. The van der Waals surface area contributed by atoms with Gasteiger partial charge in [0, 0.05) is 11.6 Å². The zero-order valence-corrected chi connectivity index (χ0v) is 17.2. The lowest BCUT2D eigenvalue weighted by molar-refractivity contribution is -0.141. The minimum absolute atomic E-state index is 0.0416. The molecule has 1 heterocycles. The van der Waals surface area contributed by atoms with Crippen molar-refractivity contribution in [2.75, 3.05) is 0 Å². The van der Waals surface area contributed by atoms with E-state index in [0.29, 0.717) is 5.56 Å². The van der Waals surface area contributed by atoms with Gasteiger partial charge in [0.2, 0.25) is 0 Å². The summed E-state index contributed by atoms with van der Waals surface area (Å²) in [6, 6.07) is 13.1. The summed E-state index contributed by atoms with van der Waals surface area (Å²) in [6.45, 7) is 5.85. The van der Waals surface area contributed by atoms with E-state index in [1.165, 1.54) is 0 Å². The normalized spacial score (nSPS) is 21.9. The minimum Gasteiger partial charge on any atom is -0.507 e. The van der Waals surface area contributed by atoms with E-state index in [2.05, 4.69) is 0 Å². The molecule has 1 unspecified atom stereocenters. The van der Waals surface area contributed by atoms with Crippen LogP contribution >= 0.6 is 0 Å². The smallest absolute Gasteiger partial charge is 0.295 e. The number of aliphatic hydroxyl groups excluding tert-OH is 1. The quantitative estimate of drug-likeness (QED) is 0.458. The highest BCUT2D eigenvalue weighted by atomic mass is 16.3. The minimum atomic E-state index is -0.580. The van der Waals surface area contributed by atoms with Crippen molar-refractivity contribution in [2.24, 2.45) is 0 Å². The summed E-state index contributed by atoms with van der Waals surface area (Å²) in [5, 5.41) is 11.3. The molecular formula is C25H27NO3. The maximum absolute atomic E-state index is 13.2. The summed E-state index contributed by atoms with van der Waals surface area (Å²) in [7, 11) is 0. The van der Waals surface area contributed by atoms with Crippen LogP contribution in [0.3, 0.4) is 0 Å². The monoisotopic (exact) mass is 389 g/mol. The zero-order chi connectivity index (χ0) is 20.7. The fourth-order valence-electron chi connectivity index (χ4n) is 4.74. The van der Waals surface area contributed by atoms with Crippen molar-refractivity contribution >= 4 is 17.4 Å². The molecule has 1 amide bonds. The number of benzene rings is 2. The Kier molecular flexibility index (Phi) is 5.03. The molecule has 29 heavy (non-hydrogen) atoms. The van der Waals surface area contributed by atoms with Crippen molar-refractivity contribution < 1.29 is 14.7 Å². The average molecular weight is 389 g/mol. The van der Waals surface area contributed by atoms with Crippen molar-refractivity contribution in [1.29, 1.82) is 0 Å². The summed E-state index contributed by atoms with van der Waals surface area (Å²) in [5.74, 6) is -1.14. The standard InChI is InChI=1S/C25H27NO3/c1-15-12-13-17(3)20(14-15)23(27)21-22(19-11-7-4-8-16(19)2)26(25(29)24(21)28)18-9-5-6-10-18/h4,7-8,11-14,18,22,27H,5-6,9-10H2,1-3H3/b23-21+. The predicted octanol–water partition coefficient (Wildman–Crippen LogP) is 4.98. The Hall–Kier alpha value is -2.88. The third kappa shape index (κ3) is 3.27. The van der Waals surface area contributed by atoms with Gasteiger partial charge in [0.15, 0.2) is 0 Å². The van der Waals surface area contributed by atoms with Crippen LogP contribution in [0.15, 0.2) is 48.0 Å². The second-order valence-electron chi connectivity index (χ2n) is 8.32. The van der Waals surface area contributed by atoms with Gasteiger partial charge in [-0.1, -0.05) is 54.8 Å². The van der Waals surface area contributed by atoms with E-state index < -0.39 is 17.7 Å². The molecule has 2 aromatic carbocycles. The molecule has 150 valence electrons. The van der Waals surface area contributed by atoms with Gasteiger partial charge >= 0.3 is 0 Å². The van der Waals surface area contributed by atoms with Crippen LogP contribution in [0.2, 0.25) is 0 Å². The van der Waals surface area contributed by atoms with Crippen molar-refractivity contribution in [2.45, 2.75) is 58.5 Å². The number of aryl methyl sites for hydroxylation is 3. The van der Waals surface area contributed by atoms with Gasteiger partial charge < -0.3 is 10.0 Å². The molecular weight excluding hydrogens is 362 g/mol. The largest absolute Gasteiger partial charge is 0.507 e. The molecule has 0 aromatic heterocycles. The Morgan fingerprint density at radius 2 is 1.66 bits per heavy atom. The van der Waals surface area contributed by atoms with E-state index in [0.717, 1.165) is 47.9 Å². The predicted molar refractivity (Wildman–Crippen MR) is 113 cm³/mol. The van der Waals surface area contributed by atoms with E-state index in [4.69, 9.17) is 0 Å². The lowest BCUT2D eigenvalue weighted by Crippen LogP contribution is -2.37. The molecule has 4 rings (SSSR count). The second kappa shape index (κ2) is 7.51. The zero-order valence-electron chi connectivity index (χ0n) is 17.2. The first-order valence-corrected chi connectivity index (χ1v) is 10.3. The number of nitrogens with zero attached hydrogens (tertiary/aromatic N) is 1. The highest BCUT2D eigenvalue weighted by Gasteiger charge is 2.49. The first-order chi connectivity index (χ1) is 13.9. The van der Waals surface area contributed by atoms with Crippen molar-refractivity contribution in [1.82, 2.24) is 4.90 Å². The molecule has 0 spiro atoms. The van der Waals surface area contributed by atoms with E-state index in [1.54, 1.807) is 4.90 Å². The molecule has 4 heteroatoms. The molecule has 1 saturated heterocycles. The SMILES string of the molecule is Cc1ccc(C)c(/C(O)=C2\C(=O)C(=O)N(C3CCCC3)C2c2ccccc2C)c1. The number of hydrogen-bond donors (Lipinski definition) is 1. The van der Waals surface area contributed by atoms with Crippen LogP contribution in [-0.2, 0) is 9.59 Å². The second-order valence-corrected chi connectivity index (χ2v) is 8.32. The number of aliphatic hydroxyl groups is 1. The van der Waals surface area contributed by atoms with Gasteiger partial charge in [0.1, 0.15) is 5.76 Å². The maximum atomic E-state index is 13.2. The highest BCUT2D eigenvalue weighted by molar-refractivity contribution is 6.46. The van der Waals surface area contributed by atoms with Crippen molar-refractivity contribution in [3.63, 3.8) is 0 Å². The molecule has 1 atom stereocenters. The third-order valence-electron chi connectivity index (χ3n) is 6.33. The summed E-state index contributed by atoms with van der Waals surface area (Å²) < 4.78 is 0. The molecule has 2 fully saturated rings. The van der Waals surface area contributed by atoms with Crippen LogP contribution in [0.4, 0.5) is 0 Å². The number of Topliss-reactive ketones (excluding diaryl/α,β-unsaturated/α-hetero) is 1. The lowest BCUT2D eigenvalue weighted by atomic mass is 9.91. The first kappa shape index (κ1) is 19.4. The highest BCUT2D eigenvalue weighted by Crippen LogP contribution is 2.44. The molecule has 1 aliphatic heterocycles. The van der Waals surface area contributed by atoms with Gasteiger partial charge in [0.05, 0.1) is 11.6 Å². The summed E-state index contributed by atoms with van der Waals surface area (Å²) in [5.41, 5.74) is 4.62. The molecule has 1 aliphatic carbocycles. The number of ketones is 1. The number of carbonyl (C=O) groups excluding carboxylic acids is 2.